The third-order valence-electron chi connectivity index (χ3n) is 5.82. The number of rotatable bonds is 7. The third-order valence-corrected chi connectivity index (χ3v) is 11.9. The van der Waals surface area contributed by atoms with Gasteiger partial charge in [0.05, 0.1) is 12.7 Å². The molecule has 3 atom stereocenters. The Kier molecular flexibility index (Phi) is 7.40. The number of aromatic amines is 1. The van der Waals surface area contributed by atoms with Crippen molar-refractivity contribution in [2.45, 2.75) is 76.6 Å². The van der Waals surface area contributed by atoms with Crippen molar-refractivity contribution in [1.82, 2.24) is 9.55 Å². The molecule has 1 aromatic rings. The van der Waals surface area contributed by atoms with Gasteiger partial charge in [-0.3, -0.25) is 14.3 Å². The van der Waals surface area contributed by atoms with E-state index in [0.717, 1.165) is 4.57 Å². The predicted molar refractivity (Wildman–Crippen MR) is 112 cm³/mol. The Balaban J connectivity index is 2.33. The molecule has 1 aliphatic heterocycles. The first-order valence-electron chi connectivity index (χ1n) is 9.94. The molecule has 1 aliphatic rings. The van der Waals surface area contributed by atoms with E-state index in [1.807, 2.05) is 6.07 Å². The topological polar surface area (TPSA) is 117 Å². The van der Waals surface area contributed by atoms with Crippen LogP contribution in [0.2, 0.25) is 16.6 Å². The Labute approximate surface area is 171 Å². The smallest absolute Gasteiger partial charge is 0.330 e. The minimum absolute atomic E-state index is 0.166. The van der Waals surface area contributed by atoms with Gasteiger partial charge in [0.25, 0.3) is 5.56 Å². The summed E-state index contributed by atoms with van der Waals surface area (Å²) in [7, 11) is -2.18. The molecule has 0 amide bonds. The first kappa shape index (κ1) is 23.3. The van der Waals surface area contributed by atoms with Crippen molar-refractivity contribution in [3.8, 4) is 6.07 Å². The van der Waals surface area contributed by atoms with Gasteiger partial charge in [-0.15, -0.1) is 0 Å². The molecule has 2 rings (SSSR count). The Bertz CT molecular complexity index is 875. The average molecular weight is 422 g/mol. The summed E-state index contributed by atoms with van der Waals surface area (Å²) in [6.07, 6.45) is -0.304. The van der Waals surface area contributed by atoms with E-state index < -0.39 is 38.0 Å². The van der Waals surface area contributed by atoms with Crippen LogP contribution >= 0.6 is 0 Å². The van der Waals surface area contributed by atoms with Crippen LogP contribution < -0.4 is 11.2 Å². The Hall–Kier alpha value is -1.99. The normalized spacial score (nSPS) is 24.0. The molecule has 0 unspecified atom stereocenters. The maximum atomic E-state index is 12.2. The maximum absolute atomic E-state index is 12.2. The Morgan fingerprint density at radius 2 is 1.86 bits per heavy atom. The molecule has 0 saturated carbocycles. The lowest BCUT2D eigenvalue weighted by atomic mass is 10.1. The van der Waals surface area contributed by atoms with Crippen molar-refractivity contribution in [3.05, 3.63) is 44.8 Å². The minimum atomic E-state index is -2.18. The second-order valence-corrected chi connectivity index (χ2v) is 13.9. The van der Waals surface area contributed by atoms with Gasteiger partial charge in [-0.1, -0.05) is 41.5 Å². The van der Waals surface area contributed by atoms with E-state index >= 15 is 0 Å². The van der Waals surface area contributed by atoms with Gasteiger partial charge in [0.15, 0.2) is 14.5 Å². The van der Waals surface area contributed by atoms with Crippen LogP contribution in [0.25, 0.3) is 0 Å². The van der Waals surface area contributed by atoms with E-state index in [9.17, 15) is 14.7 Å². The molecule has 0 aliphatic carbocycles. The summed E-state index contributed by atoms with van der Waals surface area (Å²) in [6, 6.07) is 3.09. The molecule has 0 aromatic carbocycles. The second kappa shape index (κ2) is 9.22. The fraction of sp³-hybridized carbons (Fsp3) is 0.650. The van der Waals surface area contributed by atoms with E-state index in [2.05, 4.69) is 46.5 Å². The molecule has 160 valence electrons. The number of aromatic nitrogens is 2. The number of hydrogen-bond donors (Lipinski definition) is 2. The molecule has 1 fully saturated rings. The Morgan fingerprint density at radius 3 is 2.34 bits per heavy atom. The Morgan fingerprint density at radius 1 is 1.28 bits per heavy atom. The van der Waals surface area contributed by atoms with Crippen molar-refractivity contribution in [2.75, 3.05) is 6.61 Å². The summed E-state index contributed by atoms with van der Waals surface area (Å²) in [6.45, 7) is 13.2. The second-order valence-electron chi connectivity index (χ2n) is 8.39. The standard InChI is InChI=1S/C20H31N3O5Si/c1-12(2)29(13(3)4,14(5)6)27-11-16-18(25)15(7-9-21)19(28-16)23-10-8-17(24)22-20(23)26/h7-8,10,12-14,16,18-19,25H,11H2,1-6H3,(H,22,24,26)/b15-7-/t16-,18+,19-/m1/s1. The van der Waals surface area contributed by atoms with Crippen molar-refractivity contribution >= 4 is 8.32 Å². The zero-order valence-corrected chi connectivity index (χ0v) is 18.9. The van der Waals surface area contributed by atoms with Crippen LogP contribution in [0.5, 0.6) is 0 Å². The van der Waals surface area contributed by atoms with Crippen LogP contribution in [-0.4, -0.2) is 41.8 Å². The zero-order valence-electron chi connectivity index (χ0n) is 17.9. The summed E-state index contributed by atoms with van der Waals surface area (Å²) in [4.78, 5) is 25.7. The number of nitriles is 1. The SMILES string of the molecule is CC(C)[Si](OC[C@H]1O[C@@H](n2ccc(=O)[nH]c2=O)/C(=C\C#N)[C@@H]1O)(C(C)C)C(C)C. The number of allylic oxidation sites excluding steroid dienone is 1. The van der Waals surface area contributed by atoms with E-state index in [-0.39, 0.29) is 12.2 Å². The zero-order chi connectivity index (χ0) is 21.9. The number of ether oxygens (including phenoxy) is 1. The van der Waals surface area contributed by atoms with Crippen LogP contribution in [0.3, 0.4) is 0 Å². The lowest BCUT2D eigenvalue weighted by Crippen LogP contribution is -2.49. The summed E-state index contributed by atoms with van der Waals surface area (Å²) in [5, 5.41) is 19.9. The molecule has 8 nitrogen and oxygen atoms in total. The molecule has 1 aromatic heterocycles. The molecular formula is C20H31N3O5Si. The number of nitrogens with one attached hydrogen (secondary N) is 1. The molecular weight excluding hydrogens is 390 g/mol. The monoisotopic (exact) mass is 421 g/mol. The average Bonchev–Trinajstić information content (AvgIpc) is 2.91. The lowest BCUT2D eigenvalue weighted by molar-refractivity contribution is -0.0427. The van der Waals surface area contributed by atoms with Gasteiger partial charge in [0.2, 0.25) is 0 Å². The highest BCUT2D eigenvalue weighted by Crippen LogP contribution is 2.43. The van der Waals surface area contributed by atoms with E-state index in [1.54, 1.807) is 0 Å². The molecule has 0 spiro atoms. The molecule has 2 heterocycles. The highest BCUT2D eigenvalue weighted by atomic mass is 28.4. The molecule has 0 radical (unpaired) electrons. The molecule has 0 bridgehead atoms. The summed E-state index contributed by atoms with van der Waals surface area (Å²) in [5.41, 5.74) is 0.168. The first-order chi connectivity index (χ1) is 13.6. The first-order valence-corrected chi connectivity index (χ1v) is 12.1. The lowest BCUT2D eigenvalue weighted by Gasteiger charge is -2.42. The van der Waals surface area contributed by atoms with Gasteiger partial charge in [-0.05, 0) is 16.6 Å². The highest BCUT2D eigenvalue weighted by Gasteiger charge is 2.47. The largest absolute Gasteiger partial charge is 0.413 e. The van der Waals surface area contributed by atoms with Gasteiger partial charge < -0.3 is 14.3 Å². The number of aliphatic hydroxyl groups is 1. The van der Waals surface area contributed by atoms with E-state index in [4.69, 9.17) is 14.4 Å². The van der Waals surface area contributed by atoms with Crippen LogP contribution in [0.15, 0.2) is 33.5 Å². The summed E-state index contributed by atoms with van der Waals surface area (Å²) < 4.78 is 13.6. The molecule has 29 heavy (non-hydrogen) atoms. The van der Waals surface area contributed by atoms with Gasteiger partial charge in [-0.2, -0.15) is 5.26 Å². The van der Waals surface area contributed by atoms with Crippen molar-refractivity contribution in [3.63, 3.8) is 0 Å². The predicted octanol–water partition coefficient (Wildman–Crippen LogP) is 2.44. The third kappa shape index (κ3) is 4.45. The van der Waals surface area contributed by atoms with E-state index in [0.29, 0.717) is 16.6 Å². The van der Waals surface area contributed by atoms with Crippen LogP contribution in [-0.2, 0) is 9.16 Å². The van der Waals surface area contributed by atoms with Crippen molar-refractivity contribution in [1.29, 1.82) is 5.26 Å². The minimum Gasteiger partial charge on any atom is -0.413 e. The van der Waals surface area contributed by atoms with Crippen LogP contribution in [0.4, 0.5) is 0 Å². The number of nitrogens with zero attached hydrogens (tertiary/aromatic N) is 2. The quantitative estimate of drug-likeness (QED) is 0.516. The molecule has 2 N–H and O–H groups in total. The number of hydrogen-bond acceptors (Lipinski definition) is 6. The number of aliphatic hydroxyl groups excluding tert-OH is 1. The molecule has 9 heteroatoms. The highest BCUT2D eigenvalue weighted by molar-refractivity contribution is 6.77. The van der Waals surface area contributed by atoms with Crippen molar-refractivity contribution in [2.24, 2.45) is 0 Å². The molecule has 1 saturated heterocycles. The summed E-state index contributed by atoms with van der Waals surface area (Å²) >= 11 is 0. The fourth-order valence-corrected chi connectivity index (χ4v) is 10.1. The fourth-order valence-electron chi connectivity index (χ4n) is 4.61. The van der Waals surface area contributed by atoms with E-state index in [1.165, 1.54) is 18.3 Å². The van der Waals surface area contributed by atoms with Gasteiger partial charge >= 0.3 is 5.69 Å². The van der Waals surface area contributed by atoms with Gasteiger partial charge in [0, 0.05) is 23.9 Å². The van der Waals surface area contributed by atoms with Gasteiger partial charge in [0.1, 0.15) is 12.2 Å². The van der Waals surface area contributed by atoms with Crippen LogP contribution in [0.1, 0.15) is 47.8 Å². The maximum Gasteiger partial charge on any atom is 0.330 e. The van der Waals surface area contributed by atoms with Crippen molar-refractivity contribution < 1.29 is 14.3 Å². The van der Waals surface area contributed by atoms with Crippen LogP contribution in [0, 0.1) is 11.3 Å². The number of H-pyrrole nitrogens is 1. The van der Waals surface area contributed by atoms with Gasteiger partial charge in [-0.25, -0.2) is 4.79 Å². The summed E-state index contributed by atoms with van der Waals surface area (Å²) in [5.74, 6) is 0.